The van der Waals surface area contributed by atoms with E-state index in [1.54, 1.807) is 18.2 Å². The summed E-state index contributed by atoms with van der Waals surface area (Å²) in [5, 5.41) is 22.8. The molecule has 0 aliphatic rings. The molecule has 0 atom stereocenters. The summed E-state index contributed by atoms with van der Waals surface area (Å²) in [6.45, 7) is 2.41. The highest BCUT2D eigenvalue weighted by Crippen LogP contribution is 2.25. The first-order valence-electron chi connectivity index (χ1n) is 10.2. The third-order valence-corrected chi connectivity index (χ3v) is 5.36. The average Bonchev–Trinajstić information content (AvgIpc) is 3.16. The van der Waals surface area contributed by atoms with Gasteiger partial charge in [0.05, 0.1) is 11.6 Å². The van der Waals surface area contributed by atoms with Gasteiger partial charge in [-0.25, -0.2) is 0 Å². The zero-order chi connectivity index (χ0) is 22.5. The highest BCUT2D eigenvalue weighted by molar-refractivity contribution is 6.11. The van der Waals surface area contributed by atoms with E-state index in [-0.39, 0.29) is 5.57 Å². The van der Waals surface area contributed by atoms with Gasteiger partial charge in [0.25, 0.3) is 5.91 Å². The summed E-state index contributed by atoms with van der Waals surface area (Å²) in [5.41, 5.74) is 4.88. The largest absolute Gasteiger partial charge is 0.342 e. The van der Waals surface area contributed by atoms with E-state index >= 15 is 0 Å². The predicted octanol–water partition coefficient (Wildman–Crippen LogP) is 5.42. The van der Waals surface area contributed by atoms with Gasteiger partial charge < -0.3 is 9.88 Å². The molecule has 3 aromatic carbocycles. The normalized spacial score (nSPS) is 11.0. The number of aromatic nitrogens is 1. The molecule has 1 N–H and O–H groups in total. The summed E-state index contributed by atoms with van der Waals surface area (Å²) in [6.07, 6.45) is 3.53. The molecule has 0 aliphatic heterocycles. The summed E-state index contributed by atoms with van der Waals surface area (Å²) < 4.78 is 2.03. The molecule has 4 aromatic rings. The molecule has 0 bridgehead atoms. The molecule has 0 aliphatic carbocycles. The molecule has 1 aromatic heterocycles. The van der Waals surface area contributed by atoms with Crippen molar-refractivity contribution in [3.63, 3.8) is 0 Å². The van der Waals surface area contributed by atoms with Gasteiger partial charge in [-0.15, -0.1) is 0 Å². The van der Waals surface area contributed by atoms with Crippen LogP contribution in [0.15, 0.2) is 84.6 Å². The Bertz CT molecular complexity index is 1430. The van der Waals surface area contributed by atoms with Crippen molar-refractivity contribution in [3.05, 3.63) is 107 Å². The number of fused-ring (bicyclic) bond motifs is 1. The van der Waals surface area contributed by atoms with Crippen molar-refractivity contribution < 1.29 is 4.79 Å². The average molecular weight is 416 g/mol. The van der Waals surface area contributed by atoms with Crippen molar-refractivity contribution in [1.29, 1.82) is 10.5 Å². The molecule has 1 heterocycles. The third-order valence-electron chi connectivity index (χ3n) is 5.36. The summed E-state index contributed by atoms with van der Waals surface area (Å²) in [4.78, 5) is 12.8. The minimum absolute atomic E-state index is 0.0218. The van der Waals surface area contributed by atoms with E-state index in [2.05, 4.69) is 11.4 Å². The second-order valence-corrected chi connectivity index (χ2v) is 7.44. The number of amides is 1. The van der Waals surface area contributed by atoms with Crippen LogP contribution in [-0.4, -0.2) is 10.5 Å². The number of benzene rings is 3. The van der Waals surface area contributed by atoms with Gasteiger partial charge in [-0.05, 0) is 42.3 Å². The SMILES string of the molecule is Cc1ccccc1NC(=O)/C(C#N)=C\c1cn(Cc2ccccc2C#N)c2ccccc12. The number of carbonyl (C=O) groups is 1. The Balaban J connectivity index is 1.72. The van der Waals surface area contributed by atoms with Gasteiger partial charge >= 0.3 is 0 Å². The van der Waals surface area contributed by atoms with Crippen LogP contribution in [-0.2, 0) is 11.3 Å². The monoisotopic (exact) mass is 416 g/mol. The minimum atomic E-state index is -0.451. The number of para-hydroxylation sites is 2. The smallest absolute Gasteiger partial charge is 0.266 e. The number of hydrogen-bond donors (Lipinski definition) is 1. The Labute approximate surface area is 186 Å². The molecule has 4 rings (SSSR count). The van der Waals surface area contributed by atoms with Gasteiger partial charge in [0, 0.05) is 34.9 Å². The van der Waals surface area contributed by atoms with Crippen molar-refractivity contribution >= 4 is 28.6 Å². The van der Waals surface area contributed by atoms with E-state index < -0.39 is 5.91 Å². The Morgan fingerprint density at radius 2 is 1.72 bits per heavy atom. The highest BCUT2D eigenvalue weighted by atomic mass is 16.1. The lowest BCUT2D eigenvalue weighted by Gasteiger charge is -2.07. The molecule has 5 heteroatoms. The molecule has 0 saturated heterocycles. The molecule has 32 heavy (non-hydrogen) atoms. The van der Waals surface area contributed by atoms with Gasteiger partial charge in [0.1, 0.15) is 11.6 Å². The molecule has 154 valence electrons. The van der Waals surface area contributed by atoms with E-state index in [0.717, 1.165) is 27.6 Å². The Hall–Kier alpha value is -4.61. The van der Waals surface area contributed by atoms with Crippen molar-refractivity contribution in [1.82, 2.24) is 4.57 Å². The molecule has 0 spiro atoms. The molecule has 5 nitrogen and oxygen atoms in total. The fourth-order valence-corrected chi connectivity index (χ4v) is 3.68. The molecule has 0 fully saturated rings. The molecular weight excluding hydrogens is 396 g/mol. The number of carbonyl (C=O) groups excluding carboxylic acids is 1. The zero-order valence-electron chi connectivity index (χ0n) is 17.5. The first-order valence-corrected chi connectivity index (χ1v) is 10.2. The first kappa shape index (κ1) is 20.7. The van der Waals surface area contributed by atoms with Gasteiger partial charge in [-0.3, -0.25) is 4.79 Å². The number of nitriles is 2. The van der Waals surface area contributed by atoms with Crippen LogP contribution in [0.25, 0.3) is 17.0 Å². The number of hydrogen-bond acceptors (Lipinski definition) is 3. The second-order valence-electron chi connectivity index (χ2n) is 7.44. The highest BCUT2D eigenvalue weighted by Gasteiger charge is 2.14. The van der Waals surface area contributed by atoms with Gasteiger partial charge in [-0.1, -0.05) is 54.6 Å². The van der Waals surface area contributed by atoms with Gasteiger partial charge in [0.2, 0.25) is 0 Å². The van der Waals surface area contributed by atoms with Crippen LogP contribution in [0.2, 0.25) is 0 Å². The van der Waals surface area contributed by atoms with Gasteiger partial charge in [0.15, 0.2) is 0 Å². The van der Waals surface area contributed by atoms with Crippen LogP contribution < -0.4 is 5.32 Å². The van der Waals surface area contributed by atoms with E-state index in [0.29, 0.717) is 17.8 Å². The quantitative estimate of drug-likeness (QED) is 0.349. The number of aryl methyl sites for hydroxylation is 1. The fourth-order valence-electron chi connectivity index (χ4n) is 3.68. The second kappa shape index (κ2) is 9.04. The molecular formula is C27H20N4O. The number of rotatable bonds is 5. The van der Waals surface area contributed by atoms with Crippen molar-refractivity contribution in [2.45, 2.75) is 13.5 Å². The molecule has 0 radical (unpaired) electrons. The van der Waals surface area contributed by atoms with Crippen LogP contribution in [0.3, 0.4) is 0 Å². The maximum absolute atomic E-state index is 12.8. The van der Waals surface area contributed by atoms with E-state index in [1.807, 2.05) is 84.4 Å². The summed E-state index contributed by atoms with van der Waals surface area (Å²) in [7, 11) is 0. The Kier molecular flexibility index (Phi) is 5.83. The van der Waals surface area contributed by atoms with Crippen molar-refractivity contribution in [2.24, 2.45) is 0 Å². The maximum Gasteiger partial charge on any atom is 0.266 e. The van der Waals surface area contributed by atoms with Crippen LogP contribution in [0, 0.1) is 29.6 Å². The maximum atomic E-state index is 12.8. The lowest BCUT2D eigenvalue weighted by Crippen LogP contribution is -2.14. The zero-order valence-corrected chi connectivity index (χ0v) is 17.5. The lowest BCUT2D eigenvalue weighted by molar-refractivity contribution is -0.112. The van der Waals surface area contributed by atoms with Crippen molar-refractivity contribution in [2.75, 3.05) is 5.32 Å². The molecule has 0 saturated carbocycles. The first-order chi connectivity index (χ1) is 15.6. The summed E-state index contributed by atoms with van der Waals surface area (Å²) in [6, 6.07) is 27.0. The third kappa shape index (κ3) is 4.14. The summed E-state index contributed by atoms with van der Waals surface area (Å²) >= 11 is 0. The summed E-state index contributed by atoms with van der Waals surface area (Å²) in [5.74, 6) is -0.451. The van der Waals surface area contributed by atoms with Crippen LogP contribution in [0.4, 0.5) is 5.69 Å². The van der Waals surface area contributed by atoms with E-state index in [4.69, 9.17) is 0 Å². The Morgan fingerprint density at radius 1 is 1.00 bits per heavy atom. The standard InChI is InChI=1S/C27H20N4O/c1-19-8-2-6-12-25(19)30-27(32)22(16-29)14-23-18-31(26-13-7-5-11-24(23)26)17-21-10-4-3-9-20(21)15-28/h2-14,18H,17H2,1H3,(H,30,32)/b22-14-. The number of nitrogens with zero attached hydrogens (tertiary/aromatic N) is 3. The number of anilines is 1. The van der Waals surface area contributed by atoms with Crippen LogP contribution >= 0.6 is 0 Å². The topological polar surface area (TPSA) is 81.6 Å². The van der Waals surface area contributed by atoms with E-state index in [9.17, 15) is 15.3 Å². The predicted molar refractivity (Wildman–Crippen MR) is 126 cm³/mol. The van der Waals surface area contributed by atoms with Gasteiger partial charge in [-0.2, -0.15) is 10.5 Å². The Morgan fingerprint density at radius 3 is 2.50 bits per heavy atom. The number of nitrogens with one attached hydrogen (secondary N) is 1. The van der Waals surface area contributed by atoms with Crippen LogP contribution in [0.5, 0.6) is 0 Å². The van der Waals surface area contributed by atoms with E-state index in [1.165, 1.54) is 0 Å². The van der Waals surface area contributed by atoms with Crippen LogP contribution in [0.1, 0.15) is 22.3 Å². The molecule has 1 amide bonds. The minimum Gasteiger partial charge on any atom is -0.342 e. The fraction of sp³-hybridized carbons (Fsp3) is 0.0741. The lowest BCUT2D eigenvalue weighted by atomic mass is 10.1. The van der Waals surface area contributed by atoms with Crippen molar-refractivity contribution in [3.8, 4) is 12.1 Å². The molecule has 0 unspecified atom stereocenters.